The highest BCUT2D eigenvalue weighted by Crippen LogP contribution is 2.33. The third-order valence-corrected chi connectivity index (χ3v) is 5.20. The van der Waals surface area contributed by atoms with Crippen LogP contribution in [0.5, 0.6) is 0 Å². The molecule has 0 saturated carbocycles. The number of hydrogen-bond acceptors (Lipinski definition) is 6. The predicted octanol–water partition coefficient (Wildman–Crippen LogP) is 0.954. The Hall–Kier alpha value is -2.32. The number of aromatic nitrogens is 4. The summed E-state index contributed by atoms with van der Waals surface area (Å²) < 4.78 is 5.94. The number of likely N-dealkylation sites (tertiary alicyclic amines) is 1. The highest BCUT2D eigenvalue weighted by Gasteiger charge is 2.40. The molecule has 138 valence electrons. The van der Waals surface area contributed by atoms with E-state index in [0.717, 1.165) is 44.7 Å². The number of rotatable bonds is 3. The number of H-pyrrole nitrogens is 1. The summed E-state index contributed by atoms with van der Waals surface area (Å²) in [6.07, 6.45) is 8.51. The van der Waals surface area contributed by atoms with Crippen molar-refractivity contribution in [2.75, 3.05) is 39.4 Å². The second-order valence-corrected chi connectivity index (χ2v) is 7.27. The van der Waals surface area contributed by atoms with Crippen LogP contribution in [0, 0.1) is 5.41 Å². The summed E-state index contributed by atoms with van der Waals surface area (Å²) in [5, 5.41) is 7.07. The lowest BCUT2D eigenvalue weighted by molar-refractivity contribution is 0.00665. The molecule has 2 aromatic heterocycles. The molecule has 1 atom stereocenters. The lowest BCUT2D eigenvalue weighted by atomic mass is 9.80. The van der Waals surface area contributed by atoms with E-state index in [4.69, 9.17) is 4.74 Å². The van der Waals surface area contributed by atoms with Crippen LogP contribution in [0.25, 0.3) is 0 Å². The van der Waals surface area contributed by atoms with Gasteiger partial charge >= 0.3 is 0 Å². The largest absolute Gasteiger partial charge is 0.379 e. The minimum absolute atomic E-state index is 0.0351. The minimum atomic E-state index is -0.0402. The Bertz CT molecular complexity index is 723. The van der Waals surface area contributed by atoms with Gasteiger partial charge in [0.2, 0.25) is 0 Å². The lowest BCUT2D eigenvalue weighted by Crippen LogP contribution is -2.52. The number of ether oxygens (including phenoxy) is 1. The summed E-state index contributed by atoms with van der Waals surface area (Å²) >= 11 is 0. The van der Waals surface area contributed by atoms with Gasteiger partial charge in [-0.05, 0) is 18.9 Å². The fraction of sp³-hybridized carbons (Fsp3) is 0.556. The first-order valence-corrected chi connectivity index (χ1v) is 9.08. The third kappa shape index (κ3) is 3.76. The van der Waals surface area contributed by atoms with Crippen molar-refractivity contribution in [1.82, 2.24) is 30.0 Å². The molecule has 2 saturated heterocycles. The molecule has 4 rings (SSSR count). The van der Waals surface area contributed by atoms with Gasteiger partial charge in [-0.25, -0.2) is 4.98 Å². The van der Waals surface area contributed by atoms with Crippen LogP contribution in [-0.2, 0) is 11.3 Å². The fourth-order valence-corrected chi connectivity index (χ4v) is 4.03. The van der Waals surface area contributed by atoms with Gasteiger partial charge in [-0.15, -0.1) is 0 Å². The molecule has 0 bridgehead atoms. The number of nitrogens with zero attached hydrogens (tertiary/aromatic N) is 5. The first-order valence-electron chi connectivity index (χ1n) is 9.08. The SMILES string of the molecule is O=C(c1cnccn1)N1CCCC2(COCCN(Cc3ccn[nH]3)C2)C1. The van der Waals surface area contributed by atoms with E-state index in [1.165, 1.54) is 6.20 Å². The van der Waals surface area contributed by atoms with E-state index >= 15 is 0 Å². The summed E-state index contributed by atoms with van der Waals surface area (Å²) in [5.41, 5.74) is 1.48. The number of nitrogens with one attached hydrogen (secondary N) is 1. The van der Waals surface area contributed by atoms with E-state index in [-0.39, 0.29) is 11.3 Å². The zero-order valence-corrected chi connectivity index (χ0v) is 14.8. The Labute approximate surface area is 152 Å². The molecular weight excluding hydrogens is 332 g/mol. The topological polar surface area (TPSA) is 87.2 Å². The normalized spacial score (nSPS) is 24.5. The Morgan fingerprint density at radius 2 is 2.23 bits per heavy atom. The van der Waals surface area contributed by atoms with Crippen LogP contribution < -0.4 is 0 Å². The first-order chi connectivity index (χ1) is 12.7. The molecular formula is C18H24N6O2. The van der Waals surface area contributed by atoms with Gasteiger partial charge in [0.1, 0.15) is 5.69 Å². The summed E-state index contributed by atoms with van der Waals surface area (Å²) in [7, 11) is 0. The van der Waals surface area contributed by atoms with Gasteiger partial charge in [0.25, 0.3) is 5.91 Å². The number of amides is 1. The van der Waals surface area contributed by atoms with Crippen molar-refractivity contribution in [3.05, 3.63) is 42.2 Å². The molecule has 8 heteroatoms. The van der Waals surface area contributed by atoms with Crippen molar-refractivity contribution in [3.63, 3.8) is 0 Å². The maximum Gasteiger partial charge on any atom is 0.274 e. The molecule has 1 amide bonds. The number of hydrogen-bond donors (Lipinski definition) is 1. The van der Waals surface area contributed by atoms with Crippen LogP contribution >= 0.6 is 0 Å². The van der Waals surface area contributed by atoms with Crippen molar-refractivity contribution in [3.8, 4) is 0 Å². The molecule has 1 spiro atoms. The van der Waals surface area contributed by atoms with E-state index in [1.54, 1.807) is 18.6 Å². The zero-order valence-electron chi connectivity index (χ0n) is 14.8. The Balaban J connectivity index is 1.48. The van der Waals surface area contributed by atoms with Crippen LogP contribution in [-0.4, -0.2) is 75.3 Å². The molecule has 26 heavy (non-hydrogen) atoms. The molecule has 0 aliphatic carbocycles. The summed E-state index contributed by atoms with van der Waals surface area (Å²) in [6, 6.07) is 2.00. The molecule has 4 heterocycles. The second kappa shape index (κ2) is 7.51. The highest BCUT2D eigenvalue weighted by atomic mass is 16.5. The highest BCUT2D eigenvalue weighted by molar-refractivity contribution is 5.92. The molecule has 8 nitrogen and oxygen atoms in total. The van der Waals surface area contributed by atoms with Gasteiger partial charge in [-0.2, -0.15) is 5.10 Å². The van der Waals surface area contributed by atoms with Gasteiger partial charge in [0.15, 0.2) is 0 Å². The van der Waals surface area contributed by atoms with Gasteiger partial charge < -0.3 is 9.64 Å². The summed E-state index contributed by atoms with van der Waals surface area (Å²) in [6.45, 7) is 5.49. The van der Waals surface area contributed by atoms with Crippen LogP contribution in [0.3, 0.4) is 0 Å². The molecule has 1 unspecified atom stereocenters. The predicted molar refractivity (Wildman–Crippen MR) is 94.3 cm³/mol. The minimum Gasteiger partial charge on any atom is -0.379 e. The monoisotopic (exact) mass is 356 g/mol. The number of carbonyl (C=O) groups excluding carboxylic acids is 1. The van der Waals surface area contributed by atoms with Crippen molar-refractivity contribution < 1.29 is 9.53 Å². The van der Waals surface area contributed by atoms with E-state index in [1.807, 2.05) is 11.0 Å². The van der Waals surface area contributed by atoms with E-state index in [9.17, 15) is 4.79 Å². The molecule has 0 aromatic carbocycles. The maximum absolute atomic E-state index is 12.8. The van der Waals surface area contributed by atoms with Crippen LogP contribution in [0.15, 0.2) is 30.9 Å². The van der Waals surface area contributed by atoms with E-state index in [2.05, 4.69) is 25.1 Å². The van der Waals surface area contributed by atoms with E-state index < -0.39 is 0 Å². The third-order valence-electron chi connectivity index (χ3n) is 5.20. The summed E-state index contributed by atoms with van der Waals surface area (Å²) in [5.74, 6) is -0.0402. The molecule has 1 N–H and O–H groups in total. The average Bonchev–Trinajstić information content (AvgIpc) is 3.11. The van der Waals surface area contributed by atoms with Crippen LogP contribution in [0.2, 0.25) is 0 Å². The quantitative estimate of drug-likeness (QED) is 0.881. The van der Waals surface area contributed by atoms with Gasteiger partial charge in [0, 0.05) is 62.4 Å². The average molecular weight is 356 g/mol. The van der Waals surface area contributed by atoms with Crippen molar-refractivity contribution in [2.24, 2.45) is 5.41 Å². The second-order valence-electron chi connectivity index (χ2n) is 7.27. The van der Waals surface area contributed by atoms with E-state index in [0.29, 0.717) is 25.5 Å². The van der Waals surface area contributed by atoms with Gasteiger partial charge in [-0.1, -0.05) is 0 Å². The molecule has 2 aliphatic rings. The van der Waals surface area contributed by atoms with Gasteiger partial charge in [-0.3, -0.25) is 19.8 Å². The standard InChI is InChI=1S/C18H24N6O2/c25-17(16-10-19-5-6-20-16)24-7-1-3-18(13-24)12-23(8-9-26-14-18)11-15-2-4-21-22-15/h2,4-6,10H,1,3,7-9,11-14H2,(H,21,22). The Morgan fingerprint density at radius 3 is 3.04 bits per heavy atom. The zero-order chi connectivity index (χ0) is 17.8. The number of carbonyl (C=O) groups is 1. The van der Waals surface area contributed by atoms with Crippen LogP contribution in [0.4, 0.5) is 0 Å². The Morgan fingerprint density at radius 1 is 1.27 bits per heavy atom. The molecule has 2 aromatic rings. The number of aromatic amines is 1. The molecule has 2 aliphatic heterocycles. The Kier molecular flexibility index (Phi) is 4.94. The lowest BCUT2D eigenvalue weighted by Gasteiger charge is -2.43. The molecule has 2 fully saturated rings. The summed E-state index contributed by atoms with van der Waals surface area (Å²) in [4.78, 5) is 25.3. The maximum atomic E-state index is 12.8. The first kappa shape index (κ1) is 17.1. The van der Waals surface area contributed by atoms with Crippen molar-refractivity contribution in [2.45, 2.75) is 19.4 Å². The number of piperidine rings is 1. The van der Waals surface area contributed by atoms with Crippen molar-refractivity contribution >= 4 is 5.91 Å². The smallest absolute Gasteiger partial charge is 0.274 e. The van der Waals surface area contributed by atoms with Gasteiger partial charge in [0.05, 0.1) is 19.4 Å². The molecule has 0 radical (unpaired) electrons. The fourth-order valence-electron chi connectivity index (χ4n) is 4.03. The van der Waals surface area contributed by atoms with Crippen LogP contribution in [0.1, 0.15) is 29.0 Å². The van der Waals surface area contributed by atoms with Crippen molar-refractivity contribution in [1.29, 1.82) is 0 Å².